The number of hydrogen-bond acceptors (Lipinski definition) is 5. The Hall–Kier alpha value is -2.13. The molecule has 10 heteroatoms. The molecule has 0 aliphatic carbocycles. The summed E-state index contributed by atoms with van der Waals surface area (Å²) in [5, 5.41) is 3.22. The molecule has 1 aliphatic rings. The van der Waals surface area contributed by atoms with Gasteiger partial charge in [-0.3, -0.25) is 18.7 Å². The highest BCUT2D eigenvalue weighted by Gasteiger charge is 2.22. The fourth-order valence-electron chi connectivity index (χ4n) is 3.38. The molecule has 9 nitrogen and oxygen atoms in total. The molecule has 1 atom stereocenters. The van der Waals surface area contributed by atoms with Crippen LogP contribution in [0.4, 0.5) is 0 Å². The summed E-state index contributed by atoms with van der Waals surface area (Å²) >= 11 is 0. The van der Waals surface area contributed by atoms with Gasteiger partial charge in [0.25, 0.3) is 5.56 Å². The Morgan fingerprint density at radius 2 is 2.04 bits per heavy atom. The first-order valence-corrected chi connectivity index (χ1v) is 8.50. The SMILES string of the molecule is CNC1CCCN(C(=O)CCn2cnc3c2c(=O)n(C)c(=O)n3C)C1.Cl. The fraction of sp³-hybridized carbons (Fsp3) is 0.625. The first kappa shape index (κ1) is 20.2. The Morgan fingerprint density at radius 3 is 2.73 bits per heavy atom. The monoisotopic (exact) mass is 384 g/mol. The van der Waals surface area contributed by atoms with Crippen molar-refractivity contribution in [3.8, 4) is 0 Å². The second-order valence-corrected chi connectivity index (χ2v) is 6.53. The quantitative estimate of drug-likeness (QED) is 0.763. The molecule has 0 aromatic carbocycles. The molecule has 1 N–H and O–H groups in total. The first-order valence-electron chi connectivity index (χ1n) is 8.50. The predicted molar refractivity (Wildman–Crippen MR) is 101 cm³/mol. The van der Waals surface area contributed by atoms with Crippen LogP contribution in [0.15, 0.2) is 15.9 Å². The van der Waals surface area contributed by atoms with Gasteiger partial charge < -0.3 is 14.8 Å². The number of piperidine rings is 1. The molecule has 1 unspecified atom stereocenters. The molecule has 0 radical (unpaired) electrons. The van der Waals surface area contributed by atoms with Crippen molar-refractivity contribution in [2.45, 2.75) is 31.8 Å². The third-order valence-corrected chi connectivity index (χ3v) is 4.97. The van der Waals surface area contributed by atoms with Gasteiger partial charge in [0.05, 0.1) is 6.33 Å². The molecular formula is C16H25ClN6O3. The van der Waals surface area contributed by atoms with Crippen molar-refractivity contribution < 1.29 is 4.79 Å². The number of aromatic nitrogens is 4. The van der Waals surface area contributed by atoms with Gasteiger partial charge in [0.1, 0.15) is 0 Å². The summed E-state index contributed by atoms with van der Waals surface area (Å²) in [4.78, 5) is 42.9. The van der Waals surface area contributed by atoms with Gasteiger partial charge in [0.15, 0.2) is 11.2 Å². The van der Waals surface area contributed by atoms with E-state index in [1.807, 2.05) is 11.9 Å². The van der Waals surface area contributed by atoms with E-state index >= 15 is 0 Å². The molecule has 2 aromatic rings. The van der Waals surface area contributed by atoms with E-state index in [4.69, 9.17) is 0 Å². The van der Waals surface area contributed by atoms with Crippen molar-refractivity contribution in [1.29, 1.82) is 0 Å². The van der Waals surface area contributed by atoms with Crippen molar-refractivity contribution in [2.75, 3.05) is 20.1 Å². The third-order valence-electron chi connectivity index (χ3n) is 4.97. The van der Waals surface area contributed by atoms with Crippen LogP contribution in [0.25, 0.3) is 11.2 Å². The number of likely N-dealkylation sites (tertiary alicyclic amines) is 1. The van der Waals surface area contributed by atoms with Gasteiger partial charge in [-0.1, -0.05) is 0 Å². The molecule has 2 aromatic heterocycles. The van der Waals surface area contributed by atoms with E-state index in [-0.39, 0.29) is 18.3 Å². The maximum atomic E-state index is 12.5. The van der Waals surface area contributed by atoms with Crippen molar-refractivity contribution in [3.05, 3.63) is 27.2 Å². The van der Waals surface area contributed by atoms with Crippen LogP contribution in [0.3, 0.4) is 0 Å². The second-order valence-electron chi connectivity index (χ2n) is 6.53. The van der Waals surface area contributed by atoms with Crippen molar-refractivity contribution in [1.82, 2.24) is 28.9 Å². The number of likely N-dealkylation sites (N-methyl/N-ethyl adjacent to an activating group) is 1. The molecule has 144 valence electrons. The number of amides is 1. The van der Waals surface area contributed by atoms with Crippen LogP contribution >= 0.6 is 12.4 Å². The lowest BCUT2D eigenvalue weighted by Crippen LogP contribution is -2.47. The number of rotatable bonds is 4. The number of fused-ring (bicyclic) bond motifs is 1. The molecule has 0 saturated carbocycles. The maximum absolute atomic E-state index is 12.5. The molecule has 1 fully saturated rings. The first-order chi connectivity index (χ1) is 11.9. The molecule has 3 heterocycles. The van der Waals surface area contributed by atoms with Gasteiger partial charge >= 0.3 is 5.69 Å². The second kappa shape index (κ2) is 8.05. The van der Waals surface area contributed by atoms with E-state index < -0.39 is 11.2 Å². The van der Waals surface area contributed by atoms with Gasteiger partial charge in [-0.15, -0.1) is 12.4 Å². The van der Waals surface area contributed by atoms with Crippen LogP contribution < -0.4 is 16.6 Å². The van der Waals surface area contributed by atoms with E-state index in [1.54, 1.807) is 11.6 Å². The van der Waals surface area contributed by atoms with Gasteiger partial charge in [-0.2, -0.15) is 0 Å². The van der Waals surface area contributed by atoms with E-state index in [2.05, 4.69) is 10.3 Å². The number of hydrogen-bond donors (Lipinski definition) is 1. The zero-order chi connectivity index (χ0) is 18.1. The van der Waals surface area contributed by atoms with Crippen molar-refractivity contribution in [3.63, 3.8) is 0 Å². The largest absolute Gasteiger partial charge is 0.341 e. The number of aryl methyl sites for hydroxylation is 2. The lowest BCUT2D eigenvalue weighted by molar-refractivity contribution is -0.132. The number of nitrogens with zero attached hydrogens (tertiary/aromatic N) is 5. The van der Waals surface area contributed by atoms with Crippen LogP contribution in [0.5, 0.6) is 0 Å². The lowest BCUT2D eigenvalue weighted by Gasteiger charge is -2.32. The number of imidazole rings is 1. The molecule has 0 bridgehead atoms. The highest BCUT2D eigenvalue weighted by atomic mass is 35.5. The summed E-state index contributed by atoms with van der Waals surface area (Å²) in [5.41, 5.74) is -0.112. The van der Waals surface area contributed by atoms with E-state index in [0.717, 1.165) is 30.5 Å². The third kappa shape index (κ3) is 3.54. The van der Waals surface area contributed by atoms with Gasteiger partial charge in [-0.25, -0.2) is 9.78 Å². The Bertz CT molecular complexity index is 915. The zero-order valence-corrected chi connectivity index (χ0v) is 16.1. The Kier molecular flexibility index (Phi) is 6.25. The smallest absolute Gasteiger partial charge is 0.332 e. The van der Waals surface area contributed by atoms with E-state index in [9.17, 15) is 14.4 Å². The number of halogens is 1. The van der Waals surface area contributed by atoms with E-state index in [0.29, 0.717) is 30.2 Å². The molecule has 1 saturated heterocycles. The number of carbonyl (C=O) groups excluding carboxylic acids is 1. The molecule has 3 rings (SSSR count). The summed E-state index contributed by atoms with van der Waals surface area (Å²) < 4.78 is 4.07. The average Bonchev–Trinajstić information content (AvgIpc) is 3.06. The topological polar surface area (TPSA) is 94.2 Å². The lowest BCUT2D eigenvalue weighted by atomic mass is 10.1. The minimum Gasteiger partial charge on any atom is -0.341 e. The van der Waals surface area contributed by atoms with Crippen molar-refractivity contribution in [2.24, 2.45) is 14.1 Å². The molecule has 0 spiro atoms. The van der Waals surface area contributed by atoms with Gasteiger partial charge in [0.2, 0.25) is 5.91 Å². The zero-order valence-electron chi connectivity index (χ0n) is 15.3. The molecule has 1 amide bonds. The molecular weight excluding hydrogens is 360 g/mol. The van der Waals surface area contributed by atoms with Crippen LogP contribution in [0.1, 0.15) is 19.3 Å². The fourth-order valence-corrected chi connectivity index (χ4v) is 3.38. The van der Waals surface area contributed by atoms with Crippen LogP contribution in [-0.2, 0) is 25.4 Å². The van der Waals surface area contributed by atoms with Crippen LogP contribution in [0, 0.1) is 0 Å². The summed E-state index contributed by atoms with van der Waals surface area (Å²) in [5.74, 6) is 0.0726. The minimum absolute atomic E-state index is 0. The van der Waals surface area contributed by atoms with Crippen LogP contribution in [0.2, 0.25) is 0 Å². The van der Waals surface area contributed by atoms with E-state index in [1.165, 1.54) is 17.9 Å². The Morgan fingerprint density at radius 1 is 1.31 bits per heavy atom. The number of nitrogens with one attached hydrogen (secondary N) is 1. The normalized spacial score (nSPS) is 17.3. The number of carbonyl (C=O) groups is 1. The standard InChI is InChI=1S/C16H24N6O3.ClH/c1-17-11-5-4-7-21(9-11)12(23)6-8-22-10-18-14-13(22)15(24)20(3)16(25)19(14)2;/h10-11,17H,4-9H2,1-3H3;1H. The summed E-state index contributed by atoms with van der Waals surface area (Å²) in [6, 6.07) is 0.341. The highest BCUT2D eigenvalue weighted by molar-refractivity contribution is 5.85. The van der Waals surface area contributed by atoms with Gasteiger partial charge in [-0.05, 0) is 19.9 Å². The summed E-state index contributed by atoms with van der Waals surface area (Å²) in [7, 11) is 4.94. The maximum Gasteiger partial charge on any atom is 0.332 e. The highest BCUT2D eigenvalue weighted by Crippen LogP contribution is 2.12. The summed E-state index contributed by atoms with van der Waals surface area (Å²) in [6.07, 6.45) is 3.89. The molecule has 1 aliphatic heterocycles. The average molecular weight is 385 g/mol. The Balaban J connectivity index is 0.00000243. The molecule has 26 heavy (non-hydrogen) atoms. The van der Waals surface area contributed by atoms with Crippen molar-refractivity contribution >= 4 is 29.5 Å². The predicted octanol–water partition coefficient (Wildman–Crippen LogP) is -0.544. The van der Waals surface area contributed by atoms with Gasteiger partial charge in [0, 0.05) is 46.2 Å². The summed E-state index contributed by atoms with van der Waals surface area (Å²) in [6.45, 7) is 1.86. The Labute approximate surface area is 157 Å². The van der Waals surface area contributed by atoms with Crippen LogP contribution in [-0.4, -0.2) is 55.7 Å². The minimum atomic E-state index is -0.412.